The lowest BCUT2D eigenvalue weighted by atomic mass is 10.1. The standard InChI is InChI=1S/C11H13N3O3/c12-7-3-14-11(10-6(7)1-2-13-10)8-5-16-9(4-15)17-8/h1-3,8-9,13,15H,4-5,12H2/t8-,9+/m0/s1. The van der Waals surface area contributed by atoms with Crippen molar-refractivity contribution in [2.75, 3.05) is 18.9 Å². The molecular weight excluding hydrogens is 222 g/mol. The van der Waals surface area contributed by atoms with Crippen LogP contribution in [0, 0.1) is 0 Å². The molecule has 0 unspecified atom stereocenters. The number of anilines is 1. The van der Waals surface area contributed by atoms with Gasteiger partial charge in [0.25, 0.3) is 0 Å². The number of nitrogens with one attached hydrogen (secondary N) is 1. The second-order valence-electron chi connectivity index (χ2n) is 3.94. The molecule has 0 aromatic carbocycles. The average Bonchev–Trinajstić information content (AvgIpc) is 2.98. The van der Waals surface area contributed by atoms with Gasteiger partial charge in [0.05, 0.1) is 36.3 Å². The van der Waals surface area contributed by atoms with Crippen molar-refractivity contribution in [3.63, 3.8) is 0 Å². The smallest absolute Gasteiger partial charge is 0.181 e. The Morgan fingerprint density at radius 3 is 3.24 bits per heavy atom. The summed E-state index contributed by atoms with van der Waals surface area (Å²) in [5, 5.41) is 9.87. The Balaban J connectivity index is 2.01. The van der Waals surface area contributed by atoms with Gasteiger partial charge in [-0.2, -0.15) is 0 Å². The summed E-state index contributed by atoms with van der Waals surface area (Å²) < 4.78 is 10.8. The predicted octanol–water partition coefficient (Wildman–Crippen LogP) is 0.551. The second kappa shape index (κ2) is 3.99. The number of hydrogen-bond acceptors (Lipinski definition) is 5. The van der Waals surface area contributed by atoms with Crippen molar-refractivity contribution < 1.29 is 14.6 Å². The molecule has 0 amide bonds. The van der Waals surface area contributed by atoms with Crippen molar-refractivity contribution in [2.24, 2.45) is 0 Å². The van der Waals surface area contributed by atoms with Crippen molar-refractivity contribution in [2.45, 2.75) is 12.4 Å². The minimum Gasteiger partial charge on any atom is -0.397 e. The van der Waals surface area contributed by atoms with Gasteiger partial charge in [-0.05, 0) is 6.07 Å². The number of nitrogens with zero attached hydrogens (tertiary/aromatic N) is 1. The number of aromatic amines is 1. The highest BCUT2D eigenvalue weighted by molar-refractivity contribution is 5.91. The topological polar surface area (TPSA) is 93.4 Å². The summed E-state index contributed by atoms with van der Waals surface area (Å²) in [5.74, 6) is 0. The molecule has 3 heterocycles. The van der Waals surface area contributed by atoms with Crippen molar-refractivity contribution in [1.29, 1.82) is 0 Å². The maximum Gasteiger partial charge on any atom is 0.181 e. The summed E-state index contributed by atoms with van der Waals surface area (Å²) in [7, 11) is 0. The molecule has 3 rings (SSSR count). The summed E-state index contributed by atoms with van der Waals surface area (Å²) in [6, 6.07) is 1.90. The molecule has 2 aromatic heterocycles. The molecule has 1 fully saturated rings. The molecule has 0 radical (unpaired) electrons. The van der Waals surface area contributed by atoms with E-state index in [0.717, 1.165) is 16.6 Å². The van der Waals surface area contributed by atoms with E-state index in [9.17, 15) is 0 Å². The van der Waals surface area contributed by atoms with Gasteiger partial charge in [-0.15, -0.1) is 0 Å². The zero-order valence-corrected chi connectivity index (χ0v) is 9.09. The molecule has 6 heteroatoms. The predicted molar refractivity (Wildman–Crippen MR) is 61.2 cm³/mol. The van der Waals surface area contributed by atoms with E-state index < -0.39 is 6.29 Å². The fraction of sp³-hybridized carbons (Fsp3) is 0.364. The van der Waals surface area contributed by atoms with Gasteiger partial charge >= 0.3 is 0 Å². The van der Waals surface area contributed by atoms with Gasteiger partial charge in [-0.3, -0.25) is 4.98 Å². The minimum absolute atomic E-state index is 0.153. The van der Waals surface area contributed by atoms with Crippen LogP contribution in [0.25, 0.3) is 10.9 Å². The van der Waals surface area contributed by atoms with Crippen molar-refractivity contribution in [3.05, 3.63) is 24.2 Å². The van der Waals surface area contributed by atoms with E-state index >= 15 is 0 Å². The first-order valence-corrected chi connectivity index (χ1v) is 5.39. The highest BCUT2D eigenvalue weighted by atomic mass is 16.7. The number of pyridine rings is 1. The number of nitrogens with two attached hydrogens (primary N) is 1. The summed E-state index contributed by atoms with van der Waals surface area (Å²) in [6.07, 6.45) is 2.59. The summed E-state index contributed by atoms with van der Waals surface area (Å²) in [5.41, 5.74) is 8.07. The molecule has 0 spiro atoms. The van der Waals surface area contributed by atoms with E-state index in [2.05, 4.69) is 9.97 Å². The monoisotopic (exact) mass is 235 g/mol. The fourth-order valence-corrected chi connectivity index (χ4v) is 2.03. The lowest BCUT2D eigenvalue weighted by molar-refractivity contribution is -0.0885. The van der Waals surface area contributed by atoms with Crippen LogP contribution < -0.4 is 5.73 Å². The van der Waals surface area contributed by atoms with Crippen LogP contribution in [0.15, 0.2) is 18.5 Å². The maximum atomic E-state index is 8.95. The van der Waals surface area contributed by atoms with Gasteiger partial charge in [0.2, 0.25) is 0 Å². The summed E-state index contributed by atoms with van der Waals surface area (Å²) in [6.45, 7) is 0.232. The van der Waals surface area contributed by atoms with Crippen molar-refractivity contribution >= 4 is 16.6 Å². The molecule has 1 aliphatic rings. The Morgan fingerprint density at radius 2 is 2.47 bits per heavy atom. The molecule has 0 saturated carbocycles. The number of hydrogen-bond donors (Lipinski definition) is 3. The first kappa shape index (κ1) is 10.5. The number of aliphatic hydroxyl groups is 1. The zero-order valence-electron chi connectivity index (χ0n) is 9.09. The number of aromatic nitrogens is 2. The molecule has 1 saturated heterocycles. The van der Waals surface area contributed by atoms with Crippen LogP contribution in [0.2, 0.25) is 0 Å². The van der Waals surface area contributed by atoms with Crippen molar-refractivity contribution in [1.82, 2.24) is 9.97 Å². The largest absolute Gasteiger partial charge is 0.397 e. The van der Waals surface area contributed by atoms with Crippen LogP contribution in [0.4, 0.5) is 5.69 Å². The normalized spacial score (nSPS) is 24.5. The second-order valence-corrected chi connectivity index (χ2v) is 3.94. The Bertz CT molecular complexity index is 540. The highest BCUT2D eigenvalue weighted by Crippen LogP contribution is 2.31. The SMILES string of the molecule is Nc1cnc([C@@H]2CO[C@@H](CO)O2)c2[nH]ccc12. The Labute approximate surface area is 97.4 Å². The molecular formula is C11H13N3O3. The third-order valence-corrected chi connectivity index (χ3v) is 2.86. The number of ether oxygens (including phenoxy) is 2. The van der Waals surface area contributed by atoms with Gasteiger partial charge in [0, 0.05) is 11.6 Å². The number of nitrogen functional groups attached to an aromatic ring is 1. The number of aliphatic hydroxyl groups excluding tert-OH is 1. The fourth-order valence-electron chi connectivity index (χ4n) is 2.03. The molecule has 0 bridgehead atoms. The Hall–Kier alpha value is -1.63. The maximum absolute atomic E-state index is 8.95. The molecule has 2 aromatic rings. The van der Waals surface area contributed by atoms with E-state index in [1.54, 1.807) is 6.20 Å². The molecule has 1 aliphatic heterocycles. The third kappa shape index (κ3) is 1.66. The summed E-state index contributed by atoms with van der Waals surface area (Å²) in [4.78, 5) is 7.38. The molecule has 6 nitrogen and oxygen atoms in total. The first-order chi connectivity index (χ1) is 8.29. The number of H-pyrrole nitrogens is 1. The van der Waals surface area contributed by atoms with Gasteiger partial charge in [-0.1, -0.05) is 0 Å². The van der Waals surface area contributed by atoms with Crippen LogP contribution in [0.5, 0.6) is 0 Å². The average molecular weight is 235 g/mol. The third-order valence-electron chi connectivity index (χ3n) is 2.86. The van der Waals surface area contributed by atoms with Crippen LogP contribution >= 0.6 is 0 Å². The molecule has 2 atom stereocenters. The van der Waals surface area contributed by atoms with E-state index in [1.165, 1.54) is 0 Å². The summed E-state index contributed by atoms with van der Waals surface area (Å²) >= 11 is 0. The molecule has 0 aliphatic carbocycles. The van der Waals surface area contributed by atoms with E-state index in [1.807, 2.05) is 12.3 Å². The molecule has 17 heavy (non-hydrogen) atoms. The Morgan fingerprint density at radius 1 is 1.59 bits per heavy atom. The van der Waals surface area contributed by atoms with Crippen LogP contribution in [-0.4, -0.2) is 34.6 Å². The van der Waals surface area contributed by atoms with Gasteiger partial charge in [-0.25, -0.2) is 0 Å². The Kier molecular flexibility index (Phi) is 2.47. The van der Waals surface area contributed by atoms with Gasteiger partial charge in [0.15, 0.2) is 6.29 Å². The zero-order chi connectivity index (χ0) is 11.8. The van der Waals surface area contributed by atoms with Crippen LogP contribution in [-0.2, 0) is 9.47 Å². The quantitative estimate of drug-likeness (QED) is 0.706. The van der Waals surface area contributed by atoms with E-state index in [4.69, 9.17) is 20.3 Å². The van der Waals surface area contributed by atoms with Gasteiger partial charge < -0.3 is 25.3 Å². The van der Waals surface area contributed by atoms with E-state index in [0.29, 0.717) is 12.3 Å². The lowest BCUT2D eigenvalue weighted by Gasteiger charge is -2.10. The minimum atomic E-state index is -0.565. The van der Waals surface area contributed by atoms with Crippen LogP contribution in [0.1, 0.15) is 11.8 Å². The molecule has 90 valence electrons. The van der Waals surface area contributed by atoms with E-state index in [-0.39, 0.29) is 12.7 Å². The lowest BCUT2D eigenvalue weighted by Crippen LogP contribution is -2.13. The highest BCUT2D eigenvalue weighted by Gasteiger charge is 2.29. The van der Waals surface area contributed by atoms with Crippen molar-refractivity contribution in [3.8, 4) is 0 Å². The van der Waals surface area contributed by atoms with Crippen LogP contribution in [0.3, 0.4) is 0 Å². The molecule has 4 N–H and O–H groups in total. The number of fused-ring (bicyclic) bond motifs is 1. The van der Waals surface area contributed by atoms with Gasteiger partial charge in [0.1, 0.15) is 6.10 Å². The number of rotatable bonds is 2. The first-order valence-electron chi connectivity index (χ1n) is 5.39.